The Balaban J connectivity index is 1.70. The molecule has 1 aliphatic heterocycles. The minimum absolute atomic E-state index is 0.183. The monoisotopic (exact) mass is 389 g/mol. The fourth-order valence-corrected chi connectivity index (χ4v) is 4.43. The van der Waals surface area contributed by atoms with E-state index < -0.39 is 6.04 Å². The van der Waals surface area contributed by atoms with Crippen molar-refractivity contribution in [1.29, 1.82) is 0 Å². The van der Waals surface area contributed by atoms with Gasteiger partial charge >= 0.3 is 5.97 Å². The summed E-state index contributed by atoms with van der Waals surface area (Å²) < 4.78 is 11.0. The minimum atomic E-state index is -0.543. The van der Waals surface area contributed by atoms with Crippen molar-refractivity contribution in [1.82, 2.24) is 4.90 Å². The molecule has 1 atom stereocenters. The van der Waals surface area contributed by atoms with Crippen molar-refractivity contribution in [3.8, 4) is 5.75 Å². The average molecular weight is 390 g/mol. The number of nitrogens with zero attached hydrogens (tertiary/aromatic N) is 1. The Morgan fingerprint density at radius 3 is 2.70 bits per heavy atom. The standard InChI is InChI=1S/C21H27NO4S/c1-25-21(24)17(12-15-8-4-3-5-9-15)22-14-16(13-20(22)23)26-18-10-6-7-11-19(18)27-2/h6-7,10-11,13,15,17H,3-5,8-9,12,14H2,1-2H3. The van der Waals surface area contributed by atoms with Crippen molar-refractivity contribution in [2.24, 2.45) is 5.92 Å². The zero-order valence-corrected chi connectivity index (χ0v) is 16.8. The van der Waals surface area contributed by atoms with Crippen molar-refractivity contribution in [2.45, 2.75) is 49.5 Å². The molecule has 5 nitrogen and oxygen atoms in total. The van der Waals surface area contributed by atoms with Gasteiger partial charge in [-0.25, -0.2) is 4.79 Å². The summed E-state index contributed by atoms with van der Waals surface area (Å²) in [5, 5.41) is 0. The van der Waals surface area contributed by atoms with Gasteiger partial charge in [-0.2, -0.15) is 0 Å². The van der Waals surface area contributed by atoms with Gasteiger partial charge in [-0.3, -0.25) is 4.79 Å². The van der Waals surface area contributed by atoms with E-state index in [4.69, 9.17) is 9.47 Å². The van der Waals surface area contributed by atoms with E-state index in [2.05, 4.69) is 0 Å². The summed E-state index contributed by atoms with van der Waals surface area (Å²) in [6, 6.07) is 7.19. The number of para-hydroxylation sites is 1. The SMILES string of the molecule is COC(=O)C(CC1CCCCC1)N1CC(Oc2ccccc2SC)=CC1=O. The lowest BCUT2D eigenvalue weighted by molar-refractivity contribution is -0.151. The van der Waals surface area contributed by atoms with Gasteiger partial charge in [0.2, 0.25) is 0 Å². The van der Waals surface area contributed by atoms with E-state index in [-0.39, 0.29) is 11.9 Å². The fourth-order valence-electron chi connectivity index (χ4n) is 3.91. The van der Waals surface area contributed by atoms with Crippen LogP contribution in [0.4, 0.5) is 0 Å². The van der Waals surface area contributed by atoms with Crippen LogP contribution < -0.4 is 4.74 Å². The quantitative estimate of drug-likeness (QED) is 0.521. The molecule has 1 unspecified atom stereocenters. The van der Waals surface area contributed by atoms with E-state index in [0.29, 0.717) is 24.6 Å². The van der Waals surface area contributed by atoms with Crippen LogP contribution in [0.15, 0.2) is 41.0 Å². The number of hydrogen-bond acceptors (Lipinski definition) is 5. The molecule has 1 aromatic carbocycles. The Hall–Kier alpha value is -1.95. The number of thioether (sulfide) groups is 1. The molecule has 1 saturated carbocycles. The molecule has 0 aromatic heterocycles. The zero-order valence-electron chi connectivity index (χ0n) is 16.0. The van der Waals surface area contributed by atoms with Crippen LogP contribution in [-0.2, 0) is 14.3 Å². The predicted molar refractivity (Wildman–Crippen MR) is 106 cm³/mol. The summed E-state index contributed by atoms with van der Waals surface area (Å²) in [5.41, 5.74) is 0. The highest BCUT2D eigenvalue weighted by atomic mass is 32.2. The third-order valence-corrected chi connectivity index (χ3v) is 6.11. The predicted octanol–water partition coefficient (Wildman–Crippen LogP) is 4.03. The van der Waals surface area contributed by atoms with E-state index in [1.54, 1.807) is 16.7 Å². The smallest absolute Gasteiger partial charge is 0.328 e. The van der Waals surface area contributed by atoms with E-state index in [1.165, 1.54) is 32.4 Å². The summed E-state index contributed by atoms with van der Waals surface area (Å²) in [5.74, 6) is 1.25. The molecular formula is C21H27NO4S. The Labute approximate surface area is 165 Å². The van der Waals surface area contributed by atoms with Crippen LogP contribution in [0, 0.1) is 5.92 Å². The first-order valence-electron chi connectivity index (χ1n) is 9.52. The van der Waals surface area contributed by atoms with Crippen LogP contribution in [0.3, 0.4) is 0 Å². The van der Waals surface area contributed by atoms with Gasteiger partial charge < -0.3 is 14.4 Å². The Morgan fingerprint density at radius 2 is 2.00 bits per heavy atom. The lowest BCUT2D eigenvalue weighted by Crippen LogP contribution is -2.44. The molecule has 1 fully saturated rings. The summed E-state index contributed by atoms with van der Waals surface area (Å²) in [6.07, 6.45) is 10.0. The lowest BCUT2D eigenvalue weighted by atomic mass is 9.84. The third-order valence-electron chi connectivity index (χ3n) is 5.33. The van der Waals surface area contributed by atoms with Crippen LogP contribution in [0.5, 0.6) is 5.75 Å². The number of esters is 1. The molecule has 0 spiro atoms. The highest BCUT2D eigenvalue weighted by Gasteiger charge is 2.36. The van der Waals surface area contributed by atoms with Crippen molar-refractivity contribution in [3.63, 3.8) is 0 Å². The first kappa shape index (κ1) is 19.8. The fraction of sp³-hybridized carbons (Fsp3) is 0.524. The van der Waals surface area contributed by atoms with Crippen LogP contribution in [0.25, 0.3) is 0 Å². The summed E-state index contributed by atoms with van der Waals surface area (Å²) >= 11 is 1.59. The van der Waals surface area contributed by atoms with E-state index in [9.17, 15) is 9.59 Å². The molecule has 3 rings (SSSR count). The van der Waals surface area contributed by atoms with Crippen molar-refractivity contribution >= 4 is 23.6 Å². The second-order valence-electron chi connectivity index (χ2n) is 7.11. The van der Waals surface area contributed by atoms with Crippen LogP contribution in [0.1, 0.15) is 38.5 Å². The summed E-state index contributed by atoms with van der Waals surface area (Å²) in [7, 11) is 1.39. The zero-order chi connectivity index (χ0) is 19.2. The van der Waals surface area contributed by atoms with Gasteiger partial charge in [0.25, 0.3) is 5.91 Å². The number of ether oxygens (including phenoxy) is 2. The molecule has 27 heavy (non-hydrogen) atoms. The molecule has 1 aromatic rings. The van der Waals surface area contributed by atoms with Gasteiger partial charge in [-0.05, 0) is 30.7 Å². The number of carbonyl (C=O) groups is 2. The Bertz CT molecular complexity index is 712. The van der Waals surface area contributed by atoms with Gasteiger partial charge in [0.1, 0.15) is 17.6 Å². The summed E-state index contributed by atoms with van der Waals surface area (Å²) in [6.45, 7) is 0.300. The van der Waals surface area contributed by atoms with Gasteiger partial charge in [0, 0.05) is 11.0 Å². The molecular weight excluding hydrogens is 362 g/mol. The topological polar surface area (TPSA) is 55.8 Å². The van der Waals surface area contributed by atoms with Gasteiger partial charge in [0.05, 0.1) is 13.7 Å². The molecule has 0 saturated heterocycles. The number of rotatable bonds is 7. The Kier molecular flexibility index (Phi) is 6.83. The van der Waals surface area contributed by atoms with Crippen molar-refractivity contribution in [2.75, 3.05) is 19.9 Å². The molecule has 1 heterocycles. The molecule has 1 amide bonds. The largest absolute Gasteiger partial charge is 0.467 e. The van der Waals surface area contributed by atoms with Crippen LogP contribution in [0.2, 0.25) is 0 Å². The summed E-state index contributed by atoms with van der Waals surface area (Å²) in [4.78, 5) is 27.6. The first-order valence-corrected chi connectivity index (χ1v) is 10.7. The normalized spacial score (nSPS) is 19.0. The van der Waals surface area contributed by atoms with Crippen molar-refractivity contribution in [3.05, 3.63) is 36.1 Å². The molecule has 0 radical (unpaired) electrons. The second kappa shape index (κ2) is 9.31. The molecule has 2 aliphatic rings. The third kappa shape index (κ3) is 4.86. The average Bonchev–Trinajstić information content (AvgIpc) is 3.06. The van der Waals surface area contributed by atoms with E-state index >= 15 is 0 Å². The molecule has 0 N–H and O–H groups in total. The maximum Gasteiger partial charge on any atom is 0.328 e. The number of amides is 1. The Morgan fingerprint density at radius 1 is 1.26 bits per heavy atom. The van der Waals surface area contributed by atoms with Gasteiger partial charge in [-0.15, -0.1) is 11.8 Å². The van der Waals surface area contributed by atoms with E-state index in [1.807, 2.05) is 30.5 Å². The van der Waals surface area contributed by atoms with E-state index in [0.717, 1.165) is 23.5 Å². The van der Waals surface area contributed by atoms with Crippen molar-refractivity contribution < 1.29 is 19.1 Å². The van der Waals surface area contributed by atoms with Crippen LogP contribution >= 0.6 is 11.8 Å². The van der Waals surface area contributed by atoms with Gasteiger partial charge in [0.15, 0.2) is 0 Å². The highest BCUT2D eigenvalue weighted by Crippen LogP contribution is 2.32. The number of methoxy groups -OCH3 is 1. The van der Waals surface area contributed by atoms with Crippen LogP contribution in [-0.4, -0.2) is 42.7 Å². The number of carbonyl (C=O) groups excluding carboxylic acids is 2. The maximum atomic E-state index is 12.6. The molecule has 0 bridgehead atoms. The lowest BCUT2D eigenvalue weighted by Gasteiger charge is -2.30. The molecule has 6 heteroatoms. The highest BCUT2D eigenvalue weighted by molar-refractivity contribution is 7.98. The van der Waals surface area contributed by atoms with Gasteiger partial charge in [-0.1, -0.05) is 44.2 Å². The maximum absolute atomic E-state index is 12.6. The first-order chi connectivity index (χ1) is 13.1. The number of hydrogen-bond donors (Lipinski definition) is 0. The number of benzene rings is 1. The molecule has 146 valence electrons. The minimum Gasteiger partial charge on any atom is -0.467 e. The second-order valence-corrected chi connectivity index (χ2v) is 7.96. The molecule has 1 aliphatic carbocycles.